The highest BCUT2D eigenvalue weighted by Gasteiger charge is 2.13. The van der Waals surface area contributed by atoms with Crippen molar-refractivity contribution < 1.29 is 9.63 Å². The second-order valence-electron chi connectivity index (χ2n) is 4.30. The standard InChI is InChI=1S/C13H12N4O2/c1-8-7-9(3-4-11(8)18)13-14-12(16-19-13)10-5-6-17(2)15-10/h3-7,18H,1-2H3. The summed E-state index contributed by atoms with van der Waals surface area (Å²) >= 11 is 0. The van der Waals surface area contributed by atoms with E-state index in [1.807, 2.05) is 26.2 Å². The summed E-state index contributed by atoms with van der Waals surface area (Å²) in [6, 6.07) is 6.95. The van der Waals surface area contributed by atoms with Gasteiger partial charge in [0, 0.05) is 18.8 Å². The maximum Gasteiger partial charge on any atom is 0.258 e. The molecule has 0 saturated heterocycles. The molecule has 2 heterocycles. The summed E-state index contributed by atoms with van der Waals surface area (Å²) in [5.74, 6) is 1.10. The topological polar surface area (TPSA) is 77.0 Å². The third-order valence-electron chi connectivity index (χ3n) is 2.81. The fraction of sp³-hybridized carbons (Fsp3) is 0.154. The SMILES string of the molecule is Cc1cc(-c2nc(-c3ccn(C)n3)no2)ccc1O. The molecule has 6 nitrogen and oxygen atoms in total. The van der Waals surface area contributed by atoms with Gasteiger partial charge < -0.3 is 9.63 Å². The Morgan fingerprint density at radius 1 is 1.26 bits per heavy atom. The van der Waals surface area contributed by atoms with Gasteiger partial charge in [-0.15, -0.1) is 0 Å². The summed E-state index contributed by atoms with van der Waals surface area (Å²) in [5.41, 5.74) is 2.19. The van der Waals surface area contributed by atoms with Crippen LogP contribution in [-0.4, -0.2) is 25.0 Å². The minimum atomic E-state index is 0.244. The summed E-state index contributed by atoms with van der Waals surface area (Å²) in [6.07, 6.45) is 1.82. The first-order chi connectivity index (χ1) is 9.13. The van der Waals surface area contributed by atoms with Crippen LogP contribution in [0.3, 0.4) is 0 Å². The number of benzene rings is 1. The predicted octanol–water partition coefficient (Wildman–Crippen LogP) is 2.15. The van der Waals surface area contributed by atoms with E-state index in [2.05, 4.69) is 15.2 Å². The number of aromatic hydroxyl groups is 1. The maximum atomic E-state index is 9.50. The van der Waals surface area contributed by atoms with Crippen LogP contribution in [0.2, 0.25) is 0 Å². The number of phenols is 1. The van der Waals surface area contributed by atoms with Gasteiger partial charge in [-0.05, 0) is 36.8 Å². The van der Waals surface area contributed by atoms with Gasteiger partial charge in [0.1, 0.15) is 11.4 Å². The summed E-state index contributed by atoms with van der Waals surface area (Å²) in [4.78, 5) is 4.30. The lowest BCUT2D eigenvalue weighted by Gasteiger charge is -1.99. The van der Waals surface area contributed by atoms with Gasteiger partial charge in [0.05, 0.1) is 0 Å². The maximum absolute atomic E-state index is 9.50. The van der Waals surface area contributed by atoms with Crippen LogP contribution in [0.15, 0.2) is 35.0 Å². The van der Waals surface area contributed by atoms with E-state index in [0.29, 0.717) is 17.4 Å². The van der Waals surface area contributed by atoms with Crippen molar-refractivity contribution >= 4 is 0 Å². The quantitative estimate of drug-likeness (QED) is 0.760. The molecule has 6 heteroatoms. The molecule has 1 aromatic carbocycles. The fourth-order valence-electron chi connectivity index (χ4n) is 1.77. The minimum Gasteiger partial charge on any atom is -0.508 e. The van der Waals surface area contributed by atoms with E-state index in [0.717, 1.165) is 11.1 Å². The van der Waals surface area contributed by atoms with E-state index in [4.69, 9.17) is 4.52 Å². The number of hydrogen-bond acceptors (Lipinski definition) is 5. The van der Waals surface area contributed by atoms with E-state index < -0.39 is 0 Å². The third-order valence-corrected chi connectivity index (χ3v) is 2.81. The monoisotopic (exact) mass is 256 g/mol. The molecular weight excluding hydrogens is 244 g/mol. The summed E-state index contributed by atoms with van der Waals surface area (Å²) in [7, 11) is 1.83. The number of aryl methyl sites for hydroxylation is 2. The molecule has 0 saturated carbocycles. The van der Waals surface area contributed by atoms with Crippen molar-refractivity contribution in [1.82, 2.24) is 19.9 Å². The molecule has 19 heavy (non-hydrogen) atoms. The first-order valence-electron chi connectivity index (χ1n) is 5.77. The predicted molar refractivity (Wildman–Crippen MR) is 68.3 cm³/mol. The second-order valence-corrected chi connectivity index (χ2v) is 4.30. The molecule has 0 radical (unpaired) electrons. The van der Waals surface area contributed by atoms with Crippen molar-refractivity contribution in [3.8, 4) is 28.7 Å². The molecule has 0 unspecified atom stereocenters. The third kappa shape index (κ3) is 2.08. The molecule has 3 rings (SSSR count). The highest BCUT2D eigenvalue weighted by Crippen LogP contribution is 2.25. The normalized spacial score (nSPS) is 10.8. The Balaban J connectivity index is 1.98. The Hall–Kier alpha value is -2.63. The summed E-state index contributed by atoms with van der Waals surface area (Å²) in [5, 5.41) is 17.6. The Bertz CT molecular complexity index is 730. The van der Waals surface area contributed by atoms with Gasteiger partial charge in [0.2, 0.25) is 5.82 Å². The van der Waals surface area contributed by atoms with Crippen LogP contribution in [0.5, 0.6) is 5.75 Å². The van der Waals surface area contributed by atoms with E-state index in [9.17, 15) is 5.11 Å². The van der Waals surface area contributed by atoms with Crippen LogP contribution in [0, 0.1) is 6.92 Å². The van der Waals surface area contributed by atoms with Crippen LogP contribution in [-0.2, 0) is 7.05 Å². The average Bonchev–Trinajstić information content (AvgIpc) is 3.01. The molecular formula is C13H12N4O2. The Labute approximate surface area is 109 Å². The van der Waals surface area contributed by atoms with Crippen molar-refractivity contribution in [3.63, 3.8) is 0 Å². The zero-order valence-corrected chi connectivity index (χ0v) is 10.5. The summed E-state index contributed by atoms with van der Waals surface area (Å²) < 4.78 is 6.89. The van der Waals surface area contributed by atoms with Crippen LogP contribution in [0.1, 0.15) is 5.56 Å². The number of nitrogens with zero attached hydrogens (tertiary/aromatic N) is 4. The average molecular weight is 256 g/mol. The largest absolute Gasteiger partial charge is 0.508 e. The van der Waals surface area contributed by atoms with Gasteiger partial charge >= 0.3 is 0 Å². The highest BCUT2D eigenvalue weighted by molar-refractivity contribution is 5.59. The smallest absolute Gasteiger partial charge is 0.258 e. The highest BCUT2D eigenvalue weighted by atomic mass is 16.5. The van der Waals surface area contributed by atoms with E-state index in [-0.39, 0.29) is 5.75 Å². The first-order valence-corrected chi connectivity index (χ1v) is 5.77. The minimum absolute atomic E-state index is 0.244. The van der Waals surface area contributed by atoms with Crippen molar-refractivity contribution in [2.45, 2.75) is 6.92 Å². The Morgan fingerprint density at radius 2 is 2.11 bits per heavy atom. The van der Waals surface area contributed by atoms with Gasteiger partial charge in [-0.3, -0.25) is 4.68 Å². The van der Waals surface area contributed by atoms with Crippen molar-refractivity contribution in [3.05, 3.63) is 36.0 Å². The number of rotatable bonds is 2. The molecule has 0 amide bonds. The summed E-state index contributed by atoms with van der Waals surface area (Å²) in [6.45, 7) is 1.81. The van der Waals surface area contributed by atoms with Gasteiger partial charge in [0.25, 0.3) is 5.89 Å². The van der Waals surface area contributed by atoms with Crippen LogP contribution in [0.25, 0.3) is 23.0 Å². The Kier molecular flexibility index (Phi) is 2.56. The molecule has 0 atom stereocenters. The molecule has 0 aliphatic rings. The lowest BCUT2D eigenvalue weighted by molar-refractivity contribution is 0.431. The number of phenolic OH excluding ortho intramolecular Hbond substituents is 1. The molecule has 0 spiro atoms. The molecule has 0 bridgehead atoms. The Morgan fingerprint density at radius 3 is 2.79 bits per heavy atom. The molecule has 2 aromatic heterocycles. The first kappa shape index (κ1) is 11.5. The lowest BCUT2D eigenvalue weighted by Crippen LogP contribution is -1.88. The van der Waals surface area contributed by atoms with Crippen LogP contribution in [0.4, 0.5) is 0 Å². The zero-order chi connectivity index (χ0) is 13.4. The molecule has 1 N–H and O–H groups in total. The second kappa shape index (κ2) is 4.24. The van der Waals surface area contributed by atoms with E-state index in [1.54, 1.807) is 22.9 Å². The van der Waals surface area contributed by atoms with Crippen LogP contribution < -0.4 is 0 Å². The number of hydrogen-bond donors (Lipinski definition) is 1. The molecule has 96 valence electrons. The van der Waals surface area contributed by atoms with Gasteiger partial charge in [-0.25, -0.2) is 0 Å². The molecule has 0 fully saturated rings. The van der Waals surface area contributed by atoms with Crippen LogP contribution >= 0.6 is 0 Å². The van der Waals surface area contributed by atoms with E-state index in [1.165, 1.54) is 0 Å². The lowest BCUT2D eigenvalue weighted by atomic mass is 10.1. The number of aromatic nitrogens is 4. The van der Waals surface area contributed by atoms with Crippen molar-refractivity contribution in [2.24, 2.45) is 7.05 Å². The van der Waals surface area contributed by atoms with Crippen molar-refractivity contribution in [2.75, 3.05) is 0 Å². The van der Waals surface area contributed by atoms with Gasteiger partial charge in [-0.1, -0.05) is 5.16 Å². The van der Waals surface area contributed by atoms with Gasteiger partial charge in [0.15, 0.2) is 0 Å². The molecule has 0 aliphatic heterocycles. The zero-order valence-electron chi connectivity index (χ0n) is 10.5. The molecule has 3 aromatic rings. The van der Waals surface area contributed by atoms with Crippen molar-refractivity contribution in [1.29, 1.82) is 0 Å². The molecule has 0 aliphatic carbocycles. The van der Waals surface area contributed by atoms with Gasteiger partial charge in [-0.2, -0.15) is 10.1 Å². The fourth-order valence-corrected chi connectivity index (χ4v) is 1.77. The van der Waals surface area contributed by atoms with E-state index >= 15 is 0 Å².